The van der Waals surface area contributed by atoms with Crippen molar-refractivity contribution in [1.29, 1.82) is 0 Å². The number of rotatable bonds is 6. The van der Waals surface area contributed by atoms with Crippen LogP contribution in [0.2, 0.25) is 0 Å². The van der Waals surface area contributed by atoms with Crippen LogP contribution in [0.25, 0.3) is 0 Å². The van der Waals surface area contributed by atoms with E-state index < -0.39 is 19.0 Å². The maximum Gasteiger partial charge on any atom is 0.519 e. The summed E-state index contributed by atoms with van der Waals surface area (Å²) in [5.74, 6) is 0. The van der Waals surface area contributed by atoms with Crippen molar-refractivity contribution in [3.8, 4) is 0 Å². The summed E-state index contributed by atoms with van der Waals surface area (Å²) in [6, 6.07) is 0. The zero-order valence-electron chi connectivity index (χ0n) is 7.77. The van der Waals surface area contributed by atoms with Crippen molar-refractivity contribution in [3.63, 3.8) is 0 Å². The van der Waals surface area contributed by atoms with Gasteiger partial charge in [-0.3, -0.25) is 14.2 Å². The molecule has 0 aromatic rings. The van der Waals surface area contributed by atoms with E-state index in [1.54, 1.807) is 0 Å². The van der Waals surface area contributed by atoms with Crippen molar-refractivity contribution in [2.75, 3.05) is 21.3 Å². The molecule has 0 rings (SSSR count). The highest BCUT2D eigenvalue weighted by atomic mass is 31.1. The number of hydrogen-bond donors (Lipinski definition) is 0. The van der Waals surface area contributed by atoms with E-state index in [9.17, 15) is 9.36 Å². The number of methoxy groups -OCH3 is 3. The molecule has 5 nitrogen and oxygen atoms in total. The van der Waals surface area contributed by atoms with Crippen LogP contribution in [0.3, 0.4) is 0 Å². The smallest absolute Gasteiger partial charge is 0.289 e. The first-order chi connectivity index (χ1) is 6.07. The predicted octanol–water partition coefficient (Wildman–Crippen LogP) is 1.08. The van der Waals surface area contributed by atoms with Crippen molar-refractivity contribution in [1.82, 2.24) is 0 Å². The predicted molar refractivity (Wildman–Crippen MR) is 46.6 cm³/mol. The molecule has 0 aromatic heterocycles. The summed E-state index contributed by atoms with van der Waals surface area (Å²) in [7, 11) is 1.23. The zero-order valence-corrected chi connectivity index (χ0v) is 8.67. The maximum absolute atomic E-state index is 11.4. The monoisotopic (exact) mass is 207 g/mol. The number of allylic oxidation sites excluding steroid dienone is 1. The van der Waals surface area contributed by atoms with Crippen LogP contribution in [0.15, 0.2) is 12.7 Å². The SMILES string of the molecule is C=CC(=O)[P+](=O)C(OC)(OC)OC. The molecule has 0 amide bonds. The Balaban J connectivity index is 4.83. The Bertz CT molecular complexity index is 213. The summed E-state index contributed by atoms with van der Waals surface area (Å²) < 4.78 is 25.6. The highest BCUT2D eigenvalue weighted by Crippen LogP contribution is 2.41. The third-order valence-corrected chi connectivity index (χ3v) is 3.03. The molecule has 1 unspecified atom stereocenters. The van der Waals surface area contributed by atoms with Gasteiger partial charge >= 0.3 is 19.0 Å². The molecule has 0 heterocycles. The lowest BCUT2D eigenvalue weighted by Crippen LogP contribution is -2.33. The van der Waals surface area contributed by atoms with E-state index >= 15 is 0 Å². The number of carbonyl (C=O) groups is 1. The number of ether oxygens (including phenoxy) is 3. The summed E-state index contributed by atoms with van der Waals surface area (Å²) in [4.78, 5) is 11.0. The Hall–Kier alpha value is -0.610. The van der Waals surface area contributed by atoms with Gasteiger partial charge in [-0.15, -0.1) is 0 Å². The van der Waals surface area contributed by atoms with Gasteiger partial charge in [0.15, 0.2) is 0 Å². The Kier molecular flexibility index (Phi) is 4.95. The maximum atomic E-state index is 11.4. The van der Waals surface area contributed by atoms with Crippen LogP contribution >= 0.6 is 7.80 Å². The van der Waals surface area contributed by atoms with Gasteiger partial charge in [0.25, 0.3) is 0 Å². The zero-order chi connectivity index (χ0) is 10.5. The molecule has 0 aliphatic heterocycles. The van der Waals surface area contributed by atoms with Gasteiger partial charge in [0, 0.05) is 27.4 Å². The molecule has 0 saturated heterocycles. The fourth-order valence-corrected chi connectivity index (χ4v) is 1.65. The quantitative estimate of drug-likeness (QED) is 0.370. The van der Waals surface area contributed by atoms with E-state index in [-0.39, 0.29) is 0 Å². The van der Waals surface area contributed by atoms with Crippen molar-refractivity contribution in [2.24, 2.45) is 0 Å². The van der Waals surface area contributed by atoms with Gasteiger partial charge in [-0.05, 0) is 0 Å². The van der Waals surface area contributed by atoms with Crippen LogP contribution in [0, 0.1) is 0 Å². The molecule has 1 atom stereocenters. The Morgan fingerprint density at radius 3 is 1.92 bits per heavy atom. The van der Waals surface area contributed by atoms with E-state index in [4.69, 9.17) is 14.2 Å². The van der Waals surface area contributed by atoms with Crippen LogP contribution in [-0.2, 0) is 23.6 Å². The largest absolute Gasteiger partial charge is 0.519 e. The van der Waals surface area contributed by atoms with Gasteiger partial charge in [-0.25, -0.2) is 4.79 Å². The molecule has 6 heteroatoms. The molecule has 0 spiro atoms. The van der Waals surface area contributed by atoms with Crippen molar-refractivity contribution < 1.29 is 23.6 Å². The second-order valence-corrected chi connectivity index (χ2v) is 3.55. The molecule has 0 saturated carbocycles. The molecule has 0 aromatic carbocycles. The highest BCUT2D eigenvalue weighted by molar-refractivity contribution is 7.65. The second kappa shape index (κ2) is 5.19. The first-order valence-electron chi connectivity index (χ1n) is 3.37. The lowest BCUT2D eigenvalue weighted by atomic mass is 10.7. The van der Waals surface area contributed by atoms with Gasteiger partial charge in [-0.1, -0.05) is 11.1 Å². The molecule has 0 N–H and O–H groups in total. The van der Waals surface area contributed by atoms with E-state index in [2.05, 4.69) is 6.58 Å². The van der Waals surface area contributed by atoms with Crippen LogP contribution in [0.1, 0.15) is 0 Å². The van der Waals surface area contributed by atoms with E-state index in [1.807, 2.05) is 0 Å². The molecule has 74 valence electrons. The summed E-state index contributed by atoms with van der Waals surface area (Å²) in [6.45, 7) is 3.20. The van der Waals surface area contributed by atoms with Crippen molar-refractivity contribution in [3.05, 3.63) is 12.7 Å². The lowest BCUT2D eigenvalue weighted by Gasteiger charge is -2.15. The molecule has 0 aliphatic rings. The summed E-state index contributed by atoms with van der Waals surface area (Å²) >= 11 is 0. The molecule has 13 heavy (non-hydrogen) atoms. The molecular formula is C7H12O5P+. The molecular weight excluding hydrogens is 195 g/mol. The van der Waals surface area contributed by atoms with E-state index in [0.29, 0.717) is 0 Å². The number of hydrogen-bond acceptors (Lipinski definition) is 5. The topological polar surface area (TPSA) is 61.8 Å². The Morgan fingerprint density at radius 2 is 1.69 bits per heavy atom. The van der Waals surface area contributed by atoms with E-state index in [1.165, 1.54) is 21.3 Å². The average molecular weight is 207 g/mol. The van der Waals surface area contributed by atoms with E-state index in [0.717, 1.165) is 6.08 Å². The minimum Gasteiger partial charge on any atom is -0.289 e. The summed E-state index contributed by atoms with van der Waals surface area (Å²) in [6.07, 6.45) is 0.935. The Morgan fingerprint density at radius 1 is 1.31 bits per heavy atom. The fraction of sp³-hybridized carbons (Fsp3) is 0.571. The number of carbonyl (C=O) groups excluding carboxylic acids is 1. The van der Waals surface area contributed by atoms with Crippen LogP contribution in [0.4, 0.5) is 0 Å². The summed E-state index contributed by atoms with van der Waals surface area (Å²) in [5.41, 5.74) is -2.49. The lowest BCUT2D eigenvalue weighted by molar-refractivity contribution is -0.289. The Labute approximate surface area is 77.4 Å². The third kappa shape index (κ3) is 2.42. The van der Waals surface area contributed by atoms with Gasteiger partial charge in [0.05, 0.1) is 0 Å². The highest BCUT2D eigenvalue weighted by Gasteiger charge is 2.56. The van der Waals surface area contributed by atoms with Gasteiger partial charge < -0.3 is 0 Å². The second-order valence-electron chi connectivity index (χ2n) is 1.97. The first-order valence-corrected chi connectivity index (χ1v) is 4.63. The minimum atomic E-state index is -2.46. The fourth-order valence-electron chi connectivity index (χ4n) is 0.717. The molecule has 0 aliphatic carbocycles. The van der Waals surface area contributed by atoms with Crippen molar-refractivity contribution in [2.45, 2.75) is 5.71 Å². The minimum absolute atomic E-state index is 0.680. The van der Waals surface area contributed by atoms with Gasteiger partial charge in [-0.2, -0.15) is 0 Å². The van der Waals surface area contributed by atoms with Gasteiger partial charge in [0.2, 0.25) is 0 Å². The van der Waals surface area contributed by atoms with Crippen LogP contribution in [-0.4, -0.2) is 32.6 Å². The van der Waals surface area contributed by atoms with Crippen molar-refractivity contribution >= 4 is 13.3 Å². The standard InChI is InChI=1S/C7H12O5P/c1-5-6(8)13(9)7(10-2,11-3)12-4/h5H,1H2,2-4H3/q+1. The molecule has 0 bridgehead atoms. The third-order valence-electron chi connectivity index (χ3n) is 1.40. The van der Waals surface area contributed by atoms with Gasteiger partial charge in [0.1, 0.15) is 0 Å². The van der Waals surface area contributed by atoms with Crippen LogP contribution < -0.4 is 0 Å². The molecule has 0 fully saturated rings. The van der Waals surface area contributed by atoms with Crippen LogP contribution in [0.5, 0.6) is 0 Å². The molecule has 0 radical (unpaired) electrons. The normalized spacial score (nSPS) is 12.4. The summed E-state index contributed by atoms with van der Waals surface area (Å²) in [5, 5.41) is 0. The first kappa shape index (κ1) is 12.4. The average Bonchev–Trinajstić information content (AvgIpc) is 2.20.